The van der Waals surface area contributed by atoms with Crippen LogP contribution in [0.25, 0.3) is 0 Å². The molecule has 0 saturated carbocycles. The van der Waals surface area contributed by atoms with Gasteiger partial charge in [-0.25, -0.2) is 13.6 Å². The van der Waals surface area contributed by atoms with Crippen LogP contribution < -0.4 is 23.0 Å². The fraction of sp³-hybridized carbons (Fsp3) is 0.533. The molecule has 0 radical (unpaired) electrons. The fourth-order valence-electron chi connectivity index (χ4n) is 3.46. The number of hydrogen-bond acceptors (Lipinski definition) is 2. The van der Waals surface area contributed by atoms with E-state index in [1.54, 1.807) is 0 Å². The Bertz CT molecular complexity index is 544. The number of carbonyl (C=O) groups excluding carboxylic acids is 1. The van der Waals surface area contributed by atoms with Crippen LogP contribution in [0.3, 0.4) is 0 Å². The van der Waals surface area contributed by atoms with E-state index < -0.39 is 17.7 Å². The zero-order valence-corrected chi connectivity index (χ0v) is 13.0. The van der Waals surface area contributed by atoms with E-state index in [0.717, 1.165) is 25.0 Å². The second-order valence-electron chi connectivity index (χ2n) is 5.94. The lowest BCUT2D eigenvalue weighted by atomic mass is 9.98. The molecular formula is C15H19ClF2N3O-. The maximum absolute atomic E-state index is 13.5. The molecule has 3 rings (SSSR count). The number of carbonyl (C=O) groups is 1. The van der Waals surface area contributed by atoms with Crippen LogP contribution in [0, 0.1) is 11.6 Å². The monoisotopic (exact) mass is 330 g/mol. The average Bonchev–Trinajstić information content (AvgIpc) is 2.64. The fourth-order valence-corrected chi connectivity index (χ4v) is 3.46. The lowest BCUT2D eigenvalue weighted by molar-refractivity contribution is -0.00000936. The minimum absolute atomic E-state index is 0. The van der Waals surface area contributed by atoms with E-state index in [2.05, 4.69) is 22.6 Å². The molecule has 2 atom stereocenters. The molecule has 2 saturated heterocycles. The SMILES string of the molecule is CN1C2CCC1CC(NC(=O)Nc1ccc(F)cc1F)C2.[Cl-]. The number of rotatable bonds is 2. The standard InChI is InChI=1S/C15H19F2N3O.ClH/c1-20-11-3-4-12(20)8-10(7-11)18-15(21)19-14-5-2-9(16)6-13(14)17;/h2,5-6,10-12H,3-4,7-8H2,1H3,(H2,18,19,21);1H/p-1. The number of nitrogens with one attached hydrogen (secondary N) is 2. The maximum atomic E-state index is 13.5. The first-order valence-electron chi connectivity index (χ1n) is 7.27. The van der Waals surface area contributed by atoms with E-state index in [1.807, 2.05) is 0 Å². The van der Waals surface area contributed by atoms with Gasteiger partial charge in [0.1, 0.15) is 11.6 Å². The molecule has 1 aromatic carbocycles. The molecule has 122 valence electrons. The van der Waals surface area contributed by atoms with Gasteiger partial charge >= 0.3 is 6.03 Å². The third-order valence-electron chi connectivity index (χ3n) is 4.61. The molecule has 4 nitrogen and oxygen atoms in total. The Morgan fingerprint density at radius 2 is 1.86 bits per heavy atom. The van der Waals surface area contributed by atoms with Crippen molar-refractivity contribution in [1.82, 2.24) is 10.2 Å². The van der Waals surface area contributed by atoms with Gasteiger partial charge in [-0.2, -0.15) is 0 Å². The van der Waals surface area contributed by atoms with Gasteiger partial charge in [-0.3, -0.25) is 0 Å². The summed E-state index contributed by atoms with van der Waals surface area (Å²) in [5, 5.41) is 5.33. The highest BCUT2D eigenvalue weighted by Gasteiger charge is 2.38. The van der Waals surface area contributed by atoms with Crippen molar-refractivity contribution in [2.45, 2.75) is 43.8 Å². The van der Waals surface area contributed by atoms with Crippen LogP contribution in [0.4, 0.5) is 19.3 Å². The Hall–Kier alpha value is -1.40. The zero-order chi connectivity index (χ0) is 15.0. The molecule has 2 amide bonds. The highest BCUT2D eigenvalue weighted by atomic mass is 35.5. The minimum atomic E-state index is -0.770. The van der Waals surface area contributed by atoms with Gasteiger partial charge in [-0.15, -0.1) is 0 Å². The summed E-state index contributed by atoms with van der Waals surface area (Å²) in [6.45, 7) is 0. The molecule has 7 heteroatoms. The highest BCUT2D eigenvalue weighted by molar-refractivity contribution is 5.89. The normalized spacial score (nSPS) is 27.1. The van der Waals surface area contributed by atoms with Crippen LogP contribution in [-0.4, -0.2) is 36.1 Å². The number of benzene rings is 1. The first-order valence-corrected chi connectivity index (χ1v) is 7.27. The van der Waals surface area contributed by atoms with Crippen molar-refractivity contribution in [3.8, 4) is 0 Å². The van der Waals surface area contributed by atoms with E-state index >= 15 is 0 Å². The van der Waals surface area contributed by atoms with Crippen molar-refractivity contribution >= 4 is 11.7 Å². The molecule has 2 heterocycles. The van der Waals surface area contributed by atoms with Gasteiger partial charge in [0.15, 0.2) is 0 Å². The third kappa shape index (κ3) is 3.50. The summed E-state index contributed by atoms with van der Waals surface area (Å²) in [6, 6.07) is 3.83. The van der Waals surface area contributed by atoms with Gasteiger partial charge in [0, 0.05) is 24.2 Å². The number of amides is 2. The Kier molecular flexibility index (Phi) is 5.24. The van der Waals surface area contributed by atoms with Crippen molar-refractivity contribution in [3.63, 3.8) is 0 Å². The number of hydrogen-bond donors (Lipinski definition) is 2. The van der Waals surface area contributed by atoms with Crippen LogP contribution in [0.5, 0.6) is 0 Å². The molecule has 2 N–H and O–H groups in total. The molecule has 2 aliphatic rings. The molecule has 2 aliphatic heterocycles. The molecule has 22 heavy (non-hydrogen) atoms. The largest absolute Gasteiger partial charge is 1.00 e. The molecule has 1 aromatic rings. The number of fused-ring (bicyclic) bond motifs is 2. The molecule has 2 unspecified atom stereocenters. The summed E-state index contributed by atoms with van der Waals surface area (Å²) in [7, 11) is 2.13. The van der Waals surface area contributed by atoms with Crippen LogP contribution in [0.2, 0.25) is 0 Å². The highest BCUT2D eigenvalue weighted by Crippen LogP contribution is 2.34. The summed E-state index contributed by atoms with van der Waals surface area (Å²) >= 11 is 0. The maximum Gasteiger partial charge on any atom is 0.319 e. The van der Waals surface area contributed by atoms with Gasteiger partial charge in [0.25, 0.3) is 0 Å². The topological polar surface area (TPSA) is 44.4 Å². The van der Waals surface area contributed by atoms with Crippen LogP contribution >= 0.6 is 0 Å². The molecule has 0 aromatic heterocycles. The zero-order valence-electron chi connectivity index (χ0n) is 12.3. The summed E-state index contributed by atoms with van der Waals surface area (Å²) in [5.74, 6) is -1.43. The second-order valence-corrected chi connectivity index (χ2v) is 5.94. The first kappa shape index (κ1) is 17.0. The van der Waals surface area contributed by atoms with Crippen molar-refractivity contribution in [1.29, 1.82) is 0 Å². The molecular weight excluding hydrogens is 312 g/mol. The average molecular weight is 331 g/mol. The van der Waals surface area contributed by atoms with E-state index in [9.17, 15) is 13.6 Å². The Morgan fingerprint density at radius 3 is 2.45 bits per heavy atom. The van der Waals surface area contributed by atoms with Crippen LogP contribution in [0.15, 0.2) is 18.2 Å². The smallest absolute Gasteiger partial charge is 0.319 e. The van der Waals surface area contributed by atoms with Gasteiger partial charge < -0.3 is 27.9 Å². The summed E-state index contributed by atoms with van der Waals surface area (Å²) in [6.07, 6.45) is 4.19. The number of anilines is 1. The number of nitrogens with zero attached hydrogens (tertiary/aromatic N) is 1. The van der Waals surface area contributed by atoms with Gasteiger partial charge in [0.05, 0.1) is 5.69 Å². The molecule has 2 fully saturated rings. The second kappa shape index (κ2) is 6.79. The summed E-state index contributed by atoms with van der Waals surface area (Å²) < 4.78 is 26.3. The van der Waals surface area contributed by atoms with Crippen LogP contribution in [-0.2, 0) is 0 Å². The Balaban J connectivity index is 0.00000176. The van der Waals surface area contributed by atoms with Crippen molar-refractivity contribution in [3.05, 3.63) is 29.8 Å². The van der Waals surface area contributed by atoms with E-state index in [-0.39, 0.29) is 24.1 Å². The molecule has 0 aliphatic carbocycles. The predicted octanol–water partition coefficient (Wildman–Crippen LogP) is -0.284. The lowest BCUT2D eigenvalue weighted by Crippen LogP contribution is -3.00. The first-order chi connectivity index (χ1) is 10.0. The van der Waals surface area contributed by atoms with Crippen molar-refractivity contribution in [2.75, 3.05) is 12.4 Å². The number of piperidine rings is 1. The Labute approximate surface area is 134 Å². The Morgan fingerprint density at radius 1 is 1.23 bits per heavy atom. The quantitative estimate of drug-likeness (QED) is 0.783. The lowest BCUT2D eigenvalue weighted by Gasteiger charge is -2.36. The van der Waals surface area contributed by atoms with Crippen molar-refractivity contribution < 1.29 is 26.0 Å². The predicted molar refractivity (Wildman–Crippen MR) is 76.1 cm³/mol. The molecule has 2 bridgehead atoms. The summed E-state index contributed by atoms with van der Waals surface area (Å²) in [5.41, 5.74) is -0.00944. The van der Waals surface area contributed by atoms with Crippen molar-refractivity contribution in [2.24, 2.45) is 0 Å². The van der Waals surface area contributed by atoms with E-state index in [0.29, 0.717) is 12.1 Å². The van der Waals surface area contributed by atoms with E-state index in [4.69, 9.17) is 0 Å². The van der Waals surface area contributed by atoms with E-state index in [1.165, 1.54) is 18.9 Å². The van der Waals surface area contributed by atoms with Gasteiger partial charge in [-0.05, 0) is 44.9 Å². The third-order valence-corrected chi connectivity index (χ3v) is 4.61. The van der Waals surface area contributed by atoms with Gasteiger partial charge in [0.2, 0.25) is 0 Å². The minimum Gasteiger partial charge on any atom is -1.00 e. The number of urea groups is 1. The molecule has 0 spiro atoms. The summed E-state index contributed by atoms with van der Waals surface area (Å²) in [4.78, 5) is 14.3. The van der Waals surface area contributed by atoms with Crippen LogP contribution in [0.1, 0.15) is 25.7 Å². The number of halogens is 3. The van der Waals surface area contributed by atoms with Gasteiger partial charge in [-0.1, -0.05) is 0 Å².